The third kappa shape index (κ3) is 4.89. The van der Waals surface area contributed by atoms with Crippen LogP contribution in [0, 0.1) is 0 Å². The number of hydrogen-bond acceptors (Lipinski definition) is 6. The minimum atomic E-state index is -3.39. The van der Waals surface area contributed by atoms with E-state index in [-0.39, 0.29) is 5.75 Å². The molecule has 0 aromatic carbocycles. The predicted molar refractivity (Wildman–Crippen MR) is 59.7 cm³/mol. The number of primary sulfonamides is 1. The summed E-state index contributed by atoms with van der Waals surface area (Å²) in [6, 6.07) is 1.62. The van der Waals surface area contributed by atoms with Gasteiger partial charge < -0.3 is 10.1 Å². The number of nitrogens with one attached hydrogen (secondary N) is 1. The summed E-state index contributed by atoms with van der Waals surface area (Å²) in [5, 5.41) is 7.80. The van der Waals surface area contributed by atoms with E-state index >= 15 is 0 Å². The molecule has 0 atom stereocenters. The zero-order chi connectivity index (χ0) is 12.0. The second-order valence-electron chi connectivity index (χ2n) is 3.09. The van der Waals surface area contributed by atoms with E-state index in [2.05, 4.69) is 15.3 Å². The number of sulfonamides is 1. The molecule has 0 unspecified atom stereocenters. The molecule has 16 heavy (non-hydrogen) atoms. The van der Waals surface area contributed by atoms with Crippen molar-refractivity contribution in [3.8, 4) is 5.88 Å². The normalized spacial score (nSPS) is 11.1. The Kier molecular flexibility index (Phi) is 4.44. The Hall–Kier alpha value is -1.41. The maximum absolute atomic E-state index is 10.6. The summed E-state index contributed by atoms with van der Waals surface area (Å²) in [5.41, 5.74) is 0. The fourth-order valence-electron chi connectivity index (χ4n) is 1.04. The first-order valence-corrected chi connectivity index (χ1v) is 6.33. The van der Waals surface area contributed by atoms with Gasteiger partial charge in [-0.05, 0) is 6.42 Å². The van der Waals surface area contributed by atoms with Crippen LogP contribution in [-0.4, -0.2) is 37.8 Å². The van der Waals surface area contributed by atoms with Crippen LogP contribution in [0.5, 0.6) is 5.88 Å². The summed E-state index contributed by atoms with van der Waals surface area (Å²) in [6.07, 6.45) is 1.78. The maximum Gasteiger partial charge on any atom is 0.218 e. The van der Waals surface area contributed by atoms with Gasteiger partial charge in [-0.2, -0.15) is 0 Å². The third-order valence-corrected chi connectivity index (χ3v) is 2.62. The molecular weight excluding hydrogens is 232 g/mol. The average molecular weight is 246 g/mol. The molecule has 0 fully saturated rings. The van der Waals surface area contributed by atoms with Crippen LogP contribution in [0.3, 0.4) is 0 Å². The third-order valence-electron chi connectivity index (χ3n) is 1.76. The van der Waals surface area contributed by atoms with Gasteiger partial charge in [-0.15, -0.1) is 0 Å². The van der Waals surface area contributed by atoms with E-state index in [1.165, 1.54) is 13.4 Å². The lowest BCUT2D eigenvalue weighted by Gasteiger charge is -2.05. The van der Waals surface area contributed by atoms with Gasteiger partial charge in [-0.25, -0.2) is 23.5 Å². The molecule has 0 aliphatic heterocycles. The van der Waals surface area contributed by atoms with Crippen LogP contribution < -0.4 is 15.2 Å². The molecule has 7 nitrogen and oxygen atoms in total. The molecule has 0 saturated heterocycles. The van der Waals surface area contributed by atoms with Crippen molar-refractivity contribution >= 4 is 15.8 Å². The zero-order valence-electron chi connectivity index (χ0n) is 8.88. The van der Waals surface area contributed by atoms with Crippen LogP contribution in [0.1, 0.15) is 6.42 Å². The van der Waals surface area contributed by atoms with Crippen molar-refractivity contribution in [2.75, 3.05) is 24.7 Å². The molecule has 1 rings (SSSR count). The molecule has 1 aromatic heterocycles. The standard InChI is InChI=1S/C8H14N4O3S/c1-15-8-5-7(11-6-12-8)10-3-2-4-16(9,13)14/h5-6H,2-4H2,1H3,(H2,9,13,14)(H,10,11,12). The van der Waals surface area contributed by atoms with E-state index in [1.54, 1.807) is 6.07 Å². The SMILES string of the molecule is COc1cc(NCCCS(N)(=O)=O)ncn1. The highest BCUT2D eigenvalue weighted by Gasteiger charge is 2.02. The minimum Gasteiger partial charge on any atom is -0.481 e. The summed E-state index contributed by atoms with van der Waals surface area (Å²) in [5.74, 6) is 0.979. The maximum atomic E-state index is 10.6. The van der Waals surface area contributed by atoms with Crippen molar-refractivity contribution < 1.29 is 13.2 Å². The molecule has 0 aliphatic rings. The summed E-state index contributed by atoms with van der Waals surface area (Å²) in [4.78, 5) is 7.77. The monoisotopic (exact) mass is 246 g/mol. The van der Waals surface area contributed by atoms with Crippen molar-refractivity contribution in [3.63, 3.8) is 0 Å². The first kappa shape index (κ1) is 12.7. The number of nitrogens with zero attached hydrogens (tertiary/aromatic N) is 2. The molecule has 0 bridgehead atoms. The summed E-state index contributed by atoms with van der Waals surface area (Å²) in [7, 11) is -1.88. The van der Waals surface area contributed by atoms with Crippen LogP contribution in [-0.2, 0) is 10.0 Å². The number of aromatic nitrogens is 2. The quantitative estimate of drug-likeness (QED) is 0.660. The van der Waals surface area contributed by atoms with Crippen molar-refractivity contribution in [3.05, 3.63) is 12.4 Å². The molecule has 0 spiro atoms. The lowest BCUT2D eigenvalue weighted by Crippen LogP contribution is -2.18. The van der Waals surface area contributed by atoms with Gasteiger partial charge in [0.2, 0.25) is 15.9 Å². The summed E-state index contributed by atoms with van der Waals surface area (Å²) >= 11 is 0. The van der Waals surface area contributed by atoms with E-state index < -0.39 is 10.0 Å². The van der Waals surface area contributed by atoms with Crippen LogP contribution in [0.15, 0.2) is 12.4 Å². The van der Waals surface area contributed by atoms with Gasteiger partial charge >= 0.3 is 0 Å². The van der Waals surface area contributed by atoms with Crippen LogP contribution in [0.25, 0.3) is 0 Å². The molecular formula is C8H14N4O3S. The number of methoxy groups -OCH3 is 1. The van der Waals surface area contributed by atoms with Crippen molar-refractivity contribution in [2.24, 2.45) is 5.14 Å². The molecule has 0 aliphatic carbocycles. The Balaban J connectivity index is 2.37. The second-order valence-corrected chi connectivity index (χ2v) is 4.83. The Morgan fingerprint density at radius 2 is 2.25 bits per heavy atom. The summed E-state index contributed by atoms with van der Waals surface area (Å²) < 4.78 is 26.2. The fourth-order valence-corrected chi connectivity index (χ4v) is 1.58. The van der Waals surface area contributed by atoms with Gasteiger partial charge in [-0.3, -0.25) is 0 Å². The van der Waals surface area contributed by atoms with Gasteiger partial charge in [0.25, 0.3) is 0 Å². The van der Waals surface area contributed by atoms with E-state index in [4.69, 9.17) is 9.88 Å². The molecule has 0 amide bonds. The van der Waals surface area contributed by atoms with E-state index in [9.17, 15) is 8.42 Å². The largest absolute Gasteiger partial charge is 0.481 e. The zero-order valence-corrected chi connectivity index (χ0v) is 9.70. The molecule has 90 valence electrons. The van der Waals surface area contributed by atoms with Gasteiger partial charge in [-0.1, -0.05) is 0 Å². The van der Waals surface area contributed by atoms with Crippen molar-refractivity contribution in [2.45, 2.75) is 6.42 Å². The molecule has 1 aromatic rings. The van der Waals surface area contributed by atoms with E-state index in [0.717, 1.165) is 0 Å². The lowest BCUT2D eigenvalue weighted by molar-refractivity contribution is 0.397. The molecule has 0 radical (unpaired) electrons. The van der Waals surface area contributed by atoms with Crippen LogP contribution in [0.4, 0.5) is 5.82 Å². The molecule has 3 N–H and O–H groups in total. The number of ether oxygens (including phenoxy) is 1. The van der Waals surface area contributed by atoms with Crippen LogP contribution >= 0.6 is 0 Å². The predicted octanol–water partition coefficient (Wildman–Crippen LogP) is -0.424. The number of rotatable bonds is 6. The van der Waals surface area contributed by atoms with Crippen molar-refractivity contribution in [1.29, 1.82) is 0 Å². The second kappa shape index (κ2) is 5.61. The average Bonchev–Trinajstić information content (AvgIpc) is 2.23. The summed E-state index contributed by atoms with van der Waals surface area (Å²) in [6.45, 7) is 0.469. The lowest BCUT2D eigenvalue weighted by atomic mass is 10.4. The molecule has 8 heteroatoms. The fraction of sp³-hybridized carbons (Fsp3) is 0.500. The highest BCUT2D eigenvalue weighted by atomic mass is 32.2. The Labute approximate surface area is 94.1 Å². The first-order valence-electron chi connectivity index (χ1n) is 4.61. The van der Waals surface area contributed by atoms with Crippen molar-refractivity contribution in [1.82, 2.24) is 9.97 Å². The molecule has 0 saturated carbocycles. The highest BCUT2D eigenvalue weighted by Crippen LogP contribution is 2.09. The van der Waals surface area contributed by atoms with Crippen LogP contribution in [0.2, 0.25) is 0 Å². The van der Waals surface area contributed by atoms with E-state index in [0.29, 0.717) is 24.7 Å². The Bertz CT molecular complexity index is 435. The molecule has 1 heterocycles. The number of anilines is 1. The Morgan fingerprint density at radius 3 is 2.88 bits per heavy atom. The first-order chi connectivity index (χ1) is 7.51. The number of hydrogen-bond donors (Lipinski definition) is 2. The smallest absolute Gasteiger partial charge is 0.218 e. The van der Waals surface area contributed by atoms with Gasteiger partial charge in [0.05, 0.1) is 12.9 Å². The number of nitrogens with two attached hydrogens (primary N) is 1. The highest BCUT2D eigenvalue weighted by molar-refractivity contribution is 7.89. The van der Waals surface area contributed by atoms with Gasteiger partial charge in [0.1, 0.15) is 12.1 Å². The van der Waals surface area contributed by atoms with E-state index in [1.807, 2.05) is 0 Å². The Morgan fingerprint density at radius 1 is 1.50 bits per heavy atom. The minimum absolute atomic E-state index is 0.0534. The van der Waals surface area contributed by atoms with Gasteiger partial charge in [0, 0.05) is 12.6 Å². The van der Waals surface area contributed by atoms with Gasteiger partial charge in [0.15, 0.2) is 0 Å². The topological polar surface area (TPSA) is 107 Å².